The van der Waals surface area contributed by atoms with Crippen molar-refractivity contribution in [3.63, 3.8) is 0 Å². The maximum absolute atomic E-state index is 12.8. The Morgan fingerprint density at radius 3 is 2.80 bits per heavy atom. The summed E-state index contributed by atoms with van der Waals surface area (Å²) in [5, 5.41) is 5.14. The first-order chi connectivity index (χ1) is 9.72. The number of halogens is 1. The molecule has 0 radical (unpaired) electrons. The van der Waals surface area contributed by atoms with E-state index in [1.54, 1.807) is 23.5 Å². The molecule has 4 heteroatoms. The third-order valence-corrected chi connectivity index (χ3v) is 4.60. The van der Waals surface area contributed by atoms with Gasteiger partial charge < -0.3 is 5.32 Å². The van der Waals surface area contributed by atoms with E-state index in [9.17, 15) is 9.18 Å². The zero-order chi connectivity index (χ0) is 13.9. The summed E-state index contributed by atoms with van der Waals surface area (Å²) in [6.07, 6.45) is 2.16. The topological polar surface area (TPSA) is 29.1 Å². The summed E-state index contributed by atoms with van der Waals surface area (Å²) < 4.78 is 12.8. The number of hydrogen-bond acceptors (Lipinski definition) is 2. The molecular formula is C16H16FNOS. The van der Waals surface area contributed by atoms with Gasteiger partial charge in [-0.15, -0.1) is 11.3 Å². The lowest BCUT2D eigenvalue weighted by Crippen LogP contribution is -2.26. The highest BCUT2D eigenvalue weighted by Crippen LogP contribution is 2.42. The van der Waals surface area contributed by atoms with Gasteiger partial charge in [0.1, 0.15) is 5.82 Å². The number of thiophene rings is 1. The Bertz CT molecular complexity index is 579. The van der Waals surface area contributed by atoms with Crippen molar-refractivity contribution >= 4 is 17.2 Å². The highest BCUT2D eigenvalue weighted by Gasteiger charge is 2.39. The molecule has 1 aromatic carbocycles. The quantitative estimate of drug-likeness (QED) is 0.897. The van der Waals surface area contributed by atoms with Crippen molar-refractivity contribution in [1.29, 1.82) is 0 Å². The van der Waals surface area contributed by atoms with Crippen LogP contribution in [0.3, 0.4) is 0 Å². The number of nitrogens with one attached hydrogen (secondary N) is 1. The lowest BCUT2D eigenvalue weighted by Gasteiger charge is -2.04. The molecule has 1 saturated carbocycles. The molecule has 2 unspecified atom stereocenters. The molecule has 1 N–H and O–H groups in total. The van der Waals surface area contributed by atoms with Crippen LogP contribution in [-0.2, 0) is 11.2 Å². The Morgan fingerprint density at radius 2 is 2.10 bits per heavy atom. The molecule has 1 amide bonds. The molecular weight excluding hydrogens is 273 g/mol. The molecule has 0 aliphatic heterocycles. The van der Waals surface area contributed by atoms with Crippen molar-refractivity contribution in [2.24, 2.45) is 0 Å². The van der Waals surface area contributed by atoms with Gasteiger partial charge in [0.15, 0.2) is 0 Å². The van der Waals surface area contributed by atoms with Crippen LogP contribution < -0.4 is 5.32 Å². The van der Waals surface area contributed by atoms with Gasteiger partial charge in [-0.05, 0) is 42.0 Å². The van der Waals surface area contributed by atoms with Gasteiger partial charge in [-0.25, -0.2) is 4.39 Å². The van der Waals surface area contributed by atoms with Crippen LogP contribution in [0, 0.1) is 5.82 Å². The summed E-state index contributed by atoms with van der Waals surface area (Å²) in [5.41, 5.74) is 0.993. The molecule has 1 aromatic heterocycles. The van der Waals surface area contributed by atoms with E-state index < -0.39 is 0 Å². The highest BCUT2D eigenvalue weighted by molar-refractivity contribution is 7.10. The Morgan fingerprint density at radius 1 is 1.30 bits per heavy atom. The Balaban J connectivity index is 1.43. The Hall–Kier alpha value is -1.68. The Labute approximate surface area is 121 Å². The van der Waals surface area contributed by atoms with Crippen LogP contribution in [0.15, 0.2) is 41.8 Å². The van der Waals surface area contributed by atoms with Crippen LogP contribution in [0.5, 0.6) is 0 Å². The monoisotopic (exact) mass is 289 g/mol. The molecule has 1 aliphatic carbocycles. The average Bonchev–Trinajstić information content (AvgIpc) is 3.00. The molecule has 1 aliphatic rings. The van der Waals surface area contributed by atoms with E-state index in [0.29, 0.717) is 24.8 Å². The summed E-state index contributed by atoms with van der Waals surface area (Å²) in [5.74, 6) is 0.345. The van der Waals surface area contributed by atoms with Crippen molar-refractivity contribution in [2.45, 2.75) is 31.2 Å². The van der Waals surface area contributed by atoms with Gasteiger partial charge >= 0.3 is 0 Å². The van der Waals surface area contributed by atoms with Crippen molar-refractivity contribution in [2.75, 3.05) is 0 Å². The van der Waals surface area contributed by atoms with Gasteiger partial charge in [0, 0.05) is 23.3 Å². The number of amides is 1. The molecule has 0 bridgehead atoms. The first-order valence-corrected chi connectivity index (χ1v) is 7.67. The minimum absolute atomic E-state index is 0.0818. The van der Waals surface area contributed by atoms with E-state index in [-0.39, 0.29) is 11.7 Å². The SMILES string of the molecule is O=C(CCc1ccc(F)cc1)NC1CC1c1cccs1. The van der Waals surface area contributed by atoms with Gasteiger partial charge in [-0.1, -0.05) is 18.2 Å². The first kappa shape index (κ1) is 13.3. The van der Waals surface area contributed by atoms with E-state index in [2.05, 4.69) is 16.8 Å². The summed E-state index contributed by atoms with van der Waals surface area (Å²) in [6, 6.07) is 10.8. The van der Waals surface area contributed by atoms with Crippen molar-refractivity contribution in [3.05, 3.63) is 58.0 Å². The zero-order valence-electron chi connectivity index (χ0n) is 11.0. The highest BCUT2D eigenvalue weighted by atomic mass is 32.1. The molecule has 20 heavy (non-hydrogen) atoms. The standard InChI is InChI=1S/C16H16FNOS/c17-12-6-3-11(4-7-12)5-8-16(19)18-14-10-13(14)15-2-1-9-20-15/h1-4,6-7,9,13-14H,5,8,10H2,(H,18,19). The second-order valence-corrected chi connectivity index (χ2v) is 6.14. The normalized spacial score (nSPS) is 20.6. The molecule has 0 saturated heterocycles. The minimum atomic E-state index is -0.241. The van der Waals surface area contributed by atoms with Crippen molar-refractivity contribution < 1.29 is 9.18 Å². The summed E-state index contributed by atoms with van der Waals surface area (Å²) in [6.45, 7) is 0. The number of rotatable bonds is 5. The zero-order valence-corrected chi connectivity index (χ0v) is 11.8. The van der Waals surface area contributed by atoms with Gasteiger partial charge in [0.2, 0.25) is 5.91 Å². The van der Waals surface area contributed by atoms with Gasteiger partial charge in [0.05, 0.1) is 0 Å². The molecule has 0 spiro atoms. The largest absolute Gasteiger partial charge is 0.353 e. The summed E-state index contributed by atoms with van der Waals surface area (Å²) in [7, 11) is 0. The van der Waals surface area contributed by atoms with E-state index >= 15 is 0 Å². The molecule has 1 fully saturated rings. The van der Waals surface area contributed by atoms with E-state index in [1.807, 2.05) is 6.07 Å². The molecule has 2 aromatic rings. The van der Waals surface area contributed by atoms with Crippen LogP contribution in [0.2, 0.25) is 0 Å². The second-order valence-electron chi connectivity index (χ2n) is 5.16. The third-order valence-electron chi connectivity index (χ3n) is 3.60. The van der Waals surface area contributed by atoms with Crippen LogP contribution >= 0.6 is 11.3 Å². The van der Waals surface area contributed by atoms with Crippen molar-refractivity contribution in [3.8, 4) is 0 Å². The number of carbonyl (C=O) groups excluding carboxylic acids is 1. The summed E-state index contributed by atoms with van der Waals surface area (Å²) >= 11 is 1.75. The van der Waals surface area contributed by atoms with E-state index in [1.165, 1.54) is 17.0 Å². The molecule has 104 valence electrons. The molecule has 2 nitrogen and oxygen atoms in total. The molecule has 1 heterocycles. The fourth-order valence-corrected chi connectivity index (χ4v) is 3.27. The lowest BCUT2D eigenvalue weighted by molar-refractivity contribution is -0.121. The van der Waals surface area contributed by atoms with Gasteiger partial charge in [-0.2, -0.15) is 0 Å². The predicted octanol–water partition coefficient (Wildman–Crippen LogP) is 3.49. The van der Waals surface area contributed by atoms with E-state index in [0.717, 1.165) is 12.0 Å². The fraction of sp³-hybridized carbons (Fsp3) is 0.312. The predicted molar refractivity (Wildman–Crippen MR) is 78.3 cm³/mol. The smallest absolute Gasteiger partial charge is 0.220 e. The summed E-state index contributed by atoms with van der Waals surface area (Å²) in [4.78, 5) is 13.2. The minimum Gasteiger partial charge on any atom is -0.353 e. The van der Waals surface area contributed by atoms with Crippen LogP contribution in [0.4, 0.5) is 4.39 Å². The number of hydrogen-bond donors (Lipinski definition) is 1. The molecule has 2 atom stereocenters. The van der Waals surface area contributed by atoms with Crippen LogP contribution in [0.1, 0.15) is 29.2 Å². The first-order valence-electron chi connectivity index (χ1n) is 6.79. The van der Waals surface area contributed by atoms with Crippen molar-refractivity contribution in [1.82, 2.24) is 5.32 Å². The number of aryl methyl sites for hydroxylation is 1. The maximum Gasteiger partial charge on any atom is 0.220 e. The fourth-order valence-electron chi connectivity index (χ4n) is 2.36. The van der Waals surface area contributed by atoms with Crippen LogP contribution in [0.25, 0.3) is 0 Å². The lowest BCUT2D eigenvalue weighted by atomic mass is 10.1. The second kappa shape index (κ2) is 5.75. The van der Waals surface area contributed by atoms with Gasteiger partial charge in [0.25, 0.3) is 0 Å². The van der Waals surface area contributed by atoms with E-state index in [4.69, 9.17) is 0 Å². The number of benzene rings is 1. The maximum atomic E-state index is 12.8. The van der Waals surface area contributed by atoms with Crippen LogP contribution in [-0.4, -0.2) is 11.9 Å². The molecule has 3 rings (SSSR count). The van der Waals surface area contributed by atoms with Gasteiger partial charge in [-0.3, -0.25) is 4.79 Å². The Kier molecular flexibility index (Phi) is 3.83. The third kappa shape index (κ3) is 3.25. The number of carbonyl (C=O) groups is 1. The average molecular weight is 289 g/mol.